The van der Waals surface area contributed by atoms with Gasteiger partial charge in [0.05, 0.1) is 13.7 Å². The first kappa shape index (κ1) is 14.2. The van der Waals surface area contributed by atoms with Gasteiger partial charge in [0.2, 0.25) is 11.9 Å². The molecule has 1 aromatic heterocycles. The lowest BCUT2D eigenvalue weighted by Gasteiger charge is -2.20. The third-order valence-electron chi connectivity index (χ3n) is 3.68. The fourth-order valence-electron chi connectivity index (χ4n) is 2.66. The topological polar surface area (TPSA) is 140 Å². The molecule has 116 valence electrons. The first-order valence-electron chi connectivity index (χ1n) is 6.42. The van der Waals surface area contributed by atoms with E-state index >= 15 is 0 Å². The van der Waals surface area contributed by atoms with Gasteiger partial charge in [0.1, 0.15) is 18.3 Å². The van der Waals surface area contributed by atoms with Gasteiger partial charge in [-0.1, -0.05) is 0 Å². The van der Waals surface area contributed by atoms with Gasteiger partial charge in [-0.05, 0) is 0 Å². The zero-order valence-corrected chi connectivity index (χ0v) is 11.2. The van der Waals surface area contributed by atoms with Crippen LogP contribution in [-0.2, 0) is 11.8 Å². The van der Waals surface area contributed by atoms with E-state index in [2.05, 4.69) is 10.6 Å². The molecule has 3 rings (SSSR count). The molecule has 0 saturated carbocycles. The monoisotopic (exact) mass is 301 g/mol. The van der Waals surface area contributed by atoms with Crippen LogP contribution in [0, 0.1) is 0 Å². The van der Waals surface area contributed by atoms with Crippen molar-refractivity contribution >= 4 is 11.7 Å². The Morgan fingerprint density at radius 1 is 1.33 bits per heavy atom. The molecule has 1 fully saturated rings. The van der Waals surface area contributed by atoms with E-state index in [1.165, 1.54) is 15.5 Å². The molecular formula is C11H17N4O6+. The fraction of sp³-hybridized carbons (Fsp3) is 0.636. The molecule has 10 heteroatoms. The van der Waals surface area contributed by atoms with Gasteiger partial charge in [-0.25, -0.2) is 4.57 Å². The van der Waals surface area contributed by atoms with E-state index in [-0.39, 0.29) is 11.5 Å². The summed E-state index contributed by atoms with van der Waals surface area (Å²) in [6, 6.07) is 0. The molecule has 21 heavy (non-hydrogen) atoms. The number of rotatable bonds is 2. The van der Waals surface area contributed by atoms with Gasteiger partial charge in [-0.2, -0.15) is 0 Å². The van der Waals surface area contributed by atoms with Gasteiger partial charge in [0.25, 0.3) is 18.1 Å². The summed E-state index contributed by atoms with van der Waals surface area (Å²) in [4.78, 5) is 11.9. The predicted octanol–water partition coefficient (Wildman–Crippen LogP) is -3.64. The number of aliphatic hydroxyl groups excluding tert-OH is 4. The maximum atomic E-state index is 11.9. The van der Waals surface area contributed by atoms with Gasteiger partial charge in [-0.15, -0.1) is 0 Å². The smallest absolute Gasteiger partial charge is 0.294 e. The first-order chi connectivity index (χ1) is 9.93. The number of hydrogen-bond acceptors (Lipinski definition) is 7. The number of amides is 1. The van der Waals surface area contributed by atoms with E-state index in [4.69, 9.17) is 9.84 Å². The van der Waals surface area contributed by atoms with Crippen LogP contribution >= 0.6 is 0 Å². The molecule has 6 N–H and O–H groups in total. The Bertz CT molecular complexity index is 575. The Balaban J connectivity index is 2.01. The standard InChI is InChI=1S/C11H16N4O6/c1-14-3-15(8-5(14)9(19)13-11(20)12-8)10-7(18)6(17)4(2-16)21-10/h3-4,6-7,10-11,16-18,20H,2H2,1H3,(H-,12,13,19)/p+1. The molecular weight excluding hydrogens is 284 g/mol. The number of carbonyl (C=O) groups is 1. The summed E-state index contributed by atoms with van der Waals surface area (Å²) < 4.78 is 8.32. The molecule has 0 bridgehead atoms. The largest absolute Gasteiger partial charge is 0.394 e. The van der Waals surface area contributed by atoms with Crippen LogP contribution < -0.4 is 15.2 Å². The van der Waals surface area contributed by atoms with Crippen LogP contribution in [0.5, 0.6) is 0 Å². The minimum atomic E-state index is -1.28. The highest BCUT2D eigenvalue weighted by molar-refractivity contribution is 5.98. The second-order valence-corrected chi connectivity index (χ2v) is 5.08. The van der Waals surface area contributed by atoms with Crippen molar-refractivity contribution in [1.29, 1.82) is 0 Å². The number of carbonyl (C=O) groups excluding carboxylic acids is 1. The summed E-state index contributed by atoms with van der Waals surface area (Å²) >= 11 is 0. The van der Waals surface area contributed by atoms with E-state index in [1.54, 1.807) is 7.05 Å². The van der Waals surface area contributed by atoms with Crippen molar-refractivity contribution in [2.45, 2.75) is 30.9 Å². The number of nitrogens with zero attached hydrogens (tertiary/aromatic N) is 2. The van der Waals surface area contributed by atoms with E-state index in [9.17, 15) is 20.1 Å². The van der Waals surface area contributed by atoms with E-state index in [1.807, 2.05) is 0 Å². The number of nitrogens with one attached hydrogen (secondary N) is 2. The zero-order valence-electron chi connectivity index (χ0n) is 11.2. The van der Waals surface area contributed by atoms with Gasteiger partial charge < -0.3 is 25.2 Å². The maximum absolute atomic E-state index is 11.9. The van der Waals surface area contributed by atoms with Crippen molar-refractivity contribution < 1.29 is 34.5 Å². The van der Waals surface area contributed by atoms with Crippen molar-refractivity contribution in [3.05, 3.63) is 12.0 Å². The van der Waals surface area contributed by atoms with Gasteiger partial charge in [0, 0.05) is 0 Å². The number of aryl methyl sites for hydroxylation is 1. The normalized spacial score (nSPS) is 35.3. The summed E-state index contributed by atoms with van der Waals surface area (Å²) in [6.07, 6.45) is -4.20. The van der Waals surface area contributed by atoms with Crippen molar-refractivity contribution in [3.63, 3.8) is 0 Å². The number of aromatic nitrogens is 2. The summed E-state index contributed by atoms with van der Waals surface area (Å²) in [5, 5.41) is 43.5. The molecule has 3 heterocycles. The third kappa shape index (κ3) is 2.08. The molecule has 0 radical (unpaired) electrons. The SMILES string of the molecule is Cn1c[n+](C2OC(CO)C(O)C2O)c2c1C(=O)NC(O)N2. The van der Waals surface area contributed by atoms with Crippen LogP contribution in [0.4, 0.5) is 5.82 Å². The summed E-state index contributed by atoms with van der Waals surface area (Å²) in [5.41, 5.74) is 0.248. The maximum Gasteiger partial charge on any atom is 0.294 e. The lowest BCUT2D eigenvalue weighted by Crippen LogP contribution is -2.52. The average Bonchev–Trinajstić information content (AvgIpc) is 2.89. The van der Waals surface area contributed by atoms with Crippen molar-refractivity contribution in [2.24, 2.45) is 7.05 Å². The van der Waals surface area contributed by atoms with Crippen LogP contribution in [0.25, 0.3) is 0 Å². The fourth-order valence-corrected chi connectivity index (χ4v) is 2.66. The van der Waals surface area contributed by atoms with Crippen LogP contribution in [0.15, 0.2) is 6.33 Å². The van der Waals surface area contributed by atoms with Crippen molar-refractivity contribution in [1.82, 2.24) is 9.88 Å². The molecule has 0 aliphatic carbocycles. The number of fused-ring (bicyclic) bond motifs is 1. The molecule has 2 aliphatic rings. The Morgan fingerprint density at radius 2 is 2.05 bits per heavy atom. The van der Waals surface area contributed by atoms with Crippen LogP contribution in [0.3, 0.4) is 0 Å². The van der Waals surface area contributed by atoms with Crippen LogP contribution in [0.1, 0.15) is 16.7 Å². The van der Waals surface area contributed by atoms with E-state index < -0.39 is 43.4 Å². The number of hydrogen-bond donors (Lipinski definition) is 6. The highest BCUT2D eigenvalue weighted by Crippen LogP contribution is 2.28. The first-order valence-corrected chi connectivity index (χ1v) is 6.42. The molecule has 5 atom stereocenters. The molecule has 1 saturated heterocycles. The quantitative estimate of drug-likeness (QED) is 0.310. The predicted molar refractivity (Wildman–Crippen MR) is 65.7 cm³/mol. The Labute approximate surface area is 119 Å². The minimum Gasteiger partial charge on any atom is -0.394 e. The highest BCUT2D eigenvalue weighted by Gasteiger charge is 2.48. The Kier molecular flexibility index (Phi) is 3.34. The zero-order chi connectivity index (χ0) is 15.3. The number of ether oxygens (including phenoxy) is 1. The lowest BCUT2D eigenvalue weighted by molar-refractivity contribution is -0.754. The Hall–Kier alpha value is -1.72. The second-order valence-electron chi connectivity index (χ2n) is 5.08. The number of imidazole rings is 1. The van der Waals surface area contributed by atoms with Crippen LogP contribution in [0.2, 0.25) is 0 Å². The van der Waals surface area contributed by atoms with E-state index in [0.717, 1.165) is 0 Å². The van der Waals surface area contributed by atoms with Gasteiger partial charge in [0.15, 0.2) is 6.33 Å². The molecule has 1 aromatic rings. The molecule has 1 amide bonds. The molecule has 10 nitrogen and oxygen atoms in total. The number of anilines is 1. The van der Waals surface area contributed by atoms with Gasteiger partial charge >= 0.3 is 0 Å². The summed E-state index contributed by atoms with van der Waals surface area (Å²) in [5.74, 6) is -0.229. The second kappa shape index (κ2) is 4.93. The average molecular weight is 301 g/mol. The number of aliphatic hydroxyl groups is 4. The van der Waals surface area contributed by atoms with E-state index in [0.29, 0.717) is 0 Å². The van der Waals surface area contributed by atoms with Crippen LogP contribution in [-0.4, -0.2) is 62.2 Å². The highest BCUT2D eigenvalue weighted by atomic mass is 16.6. The summed E-state index contributed by atoms with van der Waals surface area (Å²) in [7, 11) is 1.62. The molecule has 0 aromatic carbocycles. The Morgan fingerprint density at radius 3 is 2.67 bits per heavy atom. The molecule has 2 aliphatic heterocycles. The van der Waals surface area contributed by atoms with Crippen molar-refractivity contribution in [3.8, 4) is 0 Å². The minimum absolute atomic E-state index is 0.248. The molecule has 0 spiro atoms. The molecule has 5 unspecified atom stereocenters. The summed E-state index contributed by atoms with van der Waals surface area (Å²) in [6.45, 7) is -0.444. The van der Waals surface area contributed by atoms with Gasteiger partial charge in [-0.3, -0.25) is 20.0 Å². The van der Waals surface area contributed by atoms with Crippen molar-refractivity contribution in [2.75, 3.05) is 11.9 Å². The lowest BCUT2D eigenvalue weighted by atomic mass is 10.1. The third-order valence-corrected chi connectivity index (χ3v) is 3.68.